The third kappa shape index (κ3) is 2.15. The minimum atomic E-state index is 0.218. The van der Waals surface area contributed by atoms with Crippen molar-refractivity contribution >= 4 is 0 Å². The van der Waals surface area contributed by atoms with Crippen LogP contribution in [0.4, 0.5) is 0 Å². The van der Waals surface area contributed by atoms with Crippen LogP contribution in [0.2, 0.25) is 0 Å². The van der Waals surface area contributed by atoms with E-state index < -0.39 is 0 Å². The van der Waals surface area contributed by atoms with E-state index in [1.165, 1.54) is 28.8 Å². The van der Waals surface area contributed by atoms with E-state index in [4.69, 9.17) is 5.84 Å². The van der Waals surface area contributed by atoms with Gasteiger partial charge in [-0.15, -0.1) is 10.2 Å². The maximum absolute atomic E-state index is 5.81. The molecule has 0 aliphatic heterocycles. The van der Waals surface area contributed by atoms with Gasteiger partial charge < -0.3 is 0 Å². The summed E-state index contributed by atoms with van der Waals surface area (Å²) in [5, 5.41) is 12.2. The highest BCUT2D eigenvalue weighted by Crippen LogP contribution is 2.61. The number of aryl methyl sites for hydroxylation is 2. The maximum Gasteiger partial charge on any atom is 0.176 e. The van der Waals surface area contributed by atoms with Crippen molar-refractivity contribution < 1.29 is 0 Å². The Kier molecular flexibility index (Phi) is 3.01. The Balaban J connectivity index is 1.54. The Bertz CT molecular complexity index is 651. The molecule has 3 N–H and O–H groups in total. The van der Waals surface area contributed by atoms with Crippen LogP contribution in [0.15, 0.2) is 24.3 Å². The van der Waals surface area contributed by atoms with Crippen molar-refractivity contribution in [2.45, 2.75) is 31.2 Å². The van der Waals surface area contributed by atoms with Gasteiger partial charge in [0.05, 0.1) is 7.05 Å². The zero-order valence-corrected chi connectivity index (χ0v) is 12.1. The Morgan fingerprint density at radius 3 is 3.05 bits per heavy atom. The molecule has 4 unspecified atom stereocenters. The van der Waals surface area contributed by atoms with Gasteiger partial charge in [0.25, 0.3) is 0 Å². The molecule has 0 amide bonds. The number of hydrazine groups is 1. The van der Waals surface area contributed by atoms with Gasteiger partial charge in [0.2, 0.25) is 0 Å². The molecule has 1 fully saturated rings. The van der Waals surface area contributed by atoms with Gasteiger partial charge in [-0.1, -0.05) is 24.3 Å². The highest BCUT2D eigenvalue weighted by molar-refractivity contribution is 5.40. The number of aromatic nitrogens is 4. The fourth-order valence-electron chi connectivity index (χ4n) is 4.08. The van der Waals surface area contributed by atoms with E-state index >= 15 is 0 Å². The molecule has 110 valence electrons. The summed E-state index contributed by atoms with van der Waals surface area (Å²) in [6, 6.07) is 9.04. The van der Waals surface area contributed by atoms with E-state index in [1.807, 2.05) is 0 Å². The fraction of sp³-hybridized carbons (Fsp3) is 0.533. The van der Waals surface area contributed by atoms with E-state index in [0.29, 0.717) is 11.8 Å². The summed E-state index contributed by atoms with van der Waals surface area (Å²) >= 11 is 0. The quantitative estimate of drug-likeness (QED) is 0.633. The highest BCUT2D eigenvalue weighted by atomic mass is 15.6. The lowest BCUT2D eigenvalue weighted by Gasteiger charge is -2.14. The van der Waals surface area contributed by atoms with Crippen molar-refractivity contribution in [3.63, 3.8) is 0 Å². The number of nitrogens with zero attached hydrogens (tertiary/aromatic N) is 4. The predicted molar refractivity (Wildman–Crippen MR) is 78.1 cm³/mol. The number of nitrogens with one attached hydrogen (secondary N) is 1. The smallest absolute Gasteiger partial charge is 0.176 e. The molecule has 6 heteroatoms. The fourth-order valence-corrected chi connectivity index (χ4v) is 4.08. The second kappa shape index (κ2) is 4.89. The average Bonchev–Trinajstić information content (AvgIpc) is 3.11. The van der Waals surface area contributed by atoms with Gasteiger partial charge in [0, 0.05) is 12.5 Å². The molecule has 0 bridgehead atoms. The lowest BCUT2D eigenvalue weighted by molar-refractivity contribution is 0.433. The third-order valence-electron chi connectivity index (χ3n) is 5.02. The average molecular weight is 284 g/mol. The minimum Gasteiger partial charge on any atom is -0.271 e. The molecular weight excluding hydrogens is 264 g/mol. The molecule has 1 aromatic carbocycles. The standard InChI is InChI=1S/C15H20N6/c1-21-19-13(18-20-21)8-12(17-16)15-11-7-6-9-4-2-3-5-10(9)14(11)15/h2-5,11-12,14-15,17H,6-8,16H2,1H3. The highest BCUT2D eigenvalue weighted by Gasteiger charge is 2.56. The largest absolute Gasteiger partial charge is 0.271 e. The van der Waals surface area contributed by atoms with Crippen LogP contribution < -0.4 is 11.3 Å². The lowest BCUT2D eigenvalue weighted by Crippen LogP contribution is -2.39. The van der Waals surface area contributed by atoms with Crippen LogP contribution in [0, 0.1) is 11.8 Å². The summed E-state index contributed by atoms with van der Waals surface area (Å²) in [6.07, 6.45) is 3.19. The molecule has 2 aromatic rings. The molecule has 1 aromatic heterocycles. The van der Waals surface area contributed by atoms with Crippen LogP contribution in [0.25, 0.3) is 0 Å². The van der Waals surface area contributed by atoms with Gasteiger partial charge in [-0.25, -0.2) is 0 Å². The summed E-state index contributed by atoms with van der Waals surface area (Å²) in [5.74, 6) is 8.55. The number of hydrogen-bond donors (Lipinski definition) is 2. The topological polar surface area (TPSA) is 81.7 Å². The Labute approximate surface area is 123 Å². The Morgan fingerprint density at radius 2 is 2.29 bits per heavy atom. The molecule has 2 aliphatic rings. The van der Waals surface area contributed by atoms with E-state index in [-0.39, 0.29) is 6.04 Å². The molecule has 1 heterocycles. The van der Waals surface area contributed by atoms with Gasteiger partial charge in [0.15, 0.2) is 5.82 Å². The first kappa shape index (κ1) is 12.9. The number of nitrogens with two attached hydrogens (primary N) is 1. The van der Waals surface area contributed by atoms with Crippen LogP contribution >= 0.6 is 0 Å². The Morgan fingerprint density at radius 1 is 1.43 bits per heavy atom. The van der Waals surface area contributed by atoms with Crippen LogP contribution in [-0.2, 0) is 19.9 Å². The second-order valence-electron chi connectivity index (χ2n) is 6.18. The maximum atomic E-state index is 5.81. The monoisotopic (exact) mass is 284 g/mol. The SMILES string of the molecule is Cn1nnc(CC(NN)C2C3CCc4ccccc4C32)n1. The first-order valence-electron chi connectivity index (χ1n) is 7.54. The van der Waals surface area contributed by atoms with Gasteiger partial charge in [-0.05, 0) is 46.9 Å². The first-order chi connectivity index (χ1) is 10.3. The molecule has 1 saturated carbocycles. The molecule has 6 nitrogen and oxygen atoms in total. The number of tetrazole rings is 1. The number of rotatable bonds is 4. The molecule has 4 rings (SSSR count). The van der Waals surface area contributed by atoms with E-state index in [1.54, 1.807) is 7.05 Å². The van der Waals surface area contributed by atoms with E-state index in [9.17, 15) is 0 Å². The normalized spacial score (nSPS) is 27.8. The van der Waals surface area contributed by atoms with Gasteiger partial charge >= 0.3 is 0 Å². The van der Waals surface area contributed by atoms with Crippen LogP contribution in [0.5, 0.6) is 0 Å². The summed E-state index contributed by atoms with van der Waals surface area (Å²) in [4.78, 5) is 1.50. The summed E-state index contributed by atoms with van der Waals surface area (Å²) in [7, 11) is 1.79. The van der Waals surface area contributed by atoms with Crippen molar-refractivity contribution in [1.82, 2.24) is 25.6 Å². The second-order valence-corrected chi connectivity index (χ2v) is 6.18. The molecule has 21 heavy (non-hydrogen) atoms. The molecule has 4 atom stereocenters. The van der Waals surface area contributed by atoms with Crippen molar-refractivity contribution in [3.05, 3.63) is 41.2 Å². The summed E-state index contributed by atoms with van der Waals surface area (Å²) in [5.41, 5.74) is 6.02. The summed E-state index contributed by atoms with van der Waals surface area (Å²) in [6.45, 7) is 0. The predicted octanol–water partition coefficient (Wildman–Crippen LogP) is 0.561. The molecule has 2 aliphatic carbocycles. The first-order valence-corrected chi connectivity index (χ1v) is 7.54. The zero-order chi connectivity index (χ0) is 14.4. The van der Waals surface area contributed by atoms with Crippen molar-refractivity contribution in [3.8, 4) is 0 Å². The molecular formula is C15H20N6. The van der Waals surface area contributed by atoms with Gasteiger partial charge in [0.1, 0.15) is 0 Å². The van der Waals surface area contributed by atoms with E-state index in [2.05, 4.69) is 45.1 Å². The zero-order valence-electron chi connectivity index (χ0n) is 12.1. The van der Waals surface area contributed by atoms with Crippen LogP contribution in [0.3, 0.4) is 0 Å². The summed E-state index contributed by atoms with van der Waals surface area (Å²) < 4.78 is 0. The third-order valence-corrected chi connectivity index (χ3v) is 5.02. The molecule has 0 saturated heterocycles. The number of fused-ring (bicyclic) bond motifs is 3. The molecule has 0 spiro atoms. The van der Waals surface area contributed by atoms with Crippen molar-refractivity contribution in [1.29, 1.82) is 0 Å². The number of benzene rings is 1. The lowest BCUT2D eigenvalue weighted by atomic mass is 9.92. The van der Waals surface area contributed by atoms with Crippen molar-refractivity contribution in [2.24, 2.45) is 24.7 Å². The molecule has 0 radical (unpaired) electrons. The van der Waals surface area contributed by atoms with Crippen LogP contribution in [0.1, 0.15) is 29.3 Å². The van der Waals surface area contributed by atoms with E-state index in [0.717, 1.165) is 18.2 Å². The van der Waals surface area contributed by atoms with Crippen molar-refractivity contribution in [2.75, 3.05) is 0 Å². The number of hydrogen-bond acceptors (Lipinski definition) is 5. The van der Waals surface area contributed by atoms with Gasteiger partial charge in [-0.2, -0.15) is 4.80 Å². The van der Waals surface area contributed by atoms with Crippen LogP contribution in [-0.4, -0.2) is 26.2 Å². The minimum absolute atomic E-state index is 0.218. The Hall–Kier alpha value is -1.79. The van der Waals surface area contributed by atoms with Gasteiger partial charge in [-0.3, -0.25) is 11.3 Å².